The summed E-state index contributed by atoms with van der Waals surface area (Å²) in [4.78, 5) is 9.05. The van der Waals surface area contributed by atoms with E-state index in [9.17, 15) is 0 Å². The van der Waals surface area contributed by atoms with E-state index in [0.29, 0.717) is 0 Å². The maximum atomic E-state index is 5.05. The molecule has 3 aliphatic rings. The Morgan fingerprint density at radius 3 is 2.52 bits per heavy atom. The normalized spacial score (nSPS) is 23.5. The topological polar surface area (TPSA) is 28.2 Å². The van der Waals surface area contributed by atoms with Gasteiger partial charge in [0.2, 0.25) is 0 Å². The number of nitrogens with one attached hydrogen (secondary N) is 1. The first kappa shape index (κ1) is 14.0. The second kappa shape index (κ2) is 5.88. The third-order valence-electron chi connectivity index (χ3n) is 5.23. The molecular weight excluding hydrogens is 278 g/mol. The van der Waals surface area contributed by atoms with Gasteiger partial charge in [0.15, 0.2) is 5.13 Å². The van der Waals surface area contributed by atoms with Crippen molar-refractivity contribution in [3.63, 3.8) is 0 Å². The summed E-state index contributed by atoms with van der Waals surface area (Å²) in [7, 11) is 2.27. The van der Waals surface area contributed by atoms with Crippen LogP contribution in [0.3, 0.4) is 0 Å². The first-order chi connectivity index (χ1) is 10.3. The average molecular weight is 305 g/mol. The molecule has 0 spiro atoms. The maximum absolute atomic E-state index is 5.05. The lowest BCUT2D eigenvalue weighted by Crippen LogP contribution is -2.33. The quantitative estimate of drug-likeness (QED) is 0.859. The molecule has 21 heavy (non-hydrogen) atoms. The van der Waals surface area contributed by atoms with Gasteiger partial charge in [0.25, 0.3) is 0 Å². The molecule has 116 valence electrons. The van der Waals surface area contributed by atoms with Crippen molar-refractivity contribution in [3.05, 3.63) is 10.6 Å². The van der Waals surface area contributed by atoms with Crippen molar-refractivity contribution >= 4 is 16.5 Å². The molecule has 1 heterocycles. The molecule has 3 nitrogen and oxygen atoms in total. The van der Waals surface area contributed by atoms with Crippen molar-refractivity contribution in [1.29, 1.82) is 0 Å². The molecule has 3 aliphatic carbocycles. The number of aromatic nitrogens is 1. The standard InChI is InChI=1S/C17H27N3S/c1-20(14-5-3-2-4-6-14)17-19-16(12-7-8-12)15(21-17)11-18-13-9-10-13/h12-14,18H,2-11H2,1H3. The van der Waals surface area contributed by atoms with Gasteiger partial charge < -0.3 is 10.2 Å². The smallest absolute Gasteiger partial charge is 0.185 e. The van der Waals surface area contributed by atoms with E-state index >= 15 is 0 Å². The van der Waals surface area contributed by atoms with Crippen LogP contribution in [0.5, 0.6) is 0 Å². The first-order valence-electron chi connectivity index (χ1n) is 8.77. The molecule has 0 aliphatic heterocycles. The van der Waals surface area contributed by atoms with Gasteiger partial charge in [-0.2, -0.15) is 0 Å². The second-order valence-corrected chi connectivity index (χ2v) is 8.20. The maximum Gasteiger partial charge on any atom is 0.185 e. The van der Waals surface area contributed by atoms with E-state index in [1.165, 1.54) is 73.5 Å². The van der Waals surface area contributed by atoms with Gasteiger partial charge in [-0.05, 0) is 38.5 Å². The van der Waals surface area contributed by atoms with Gasteiger partial charge in [-0.15, -0.1) is 11.3 Å². The summed E-state index contributed by atoms with van der Waals surface area (Å²) in [6.07, 6.45) is 12.4. The zero-order valence-electron chi connectivity index (χ0n) is 13.1. The highest BCUT2D eigenvalue weighted by atomic mass is 32.1. The van der Waals surface area contributed by atoms with Gasteiger partial charge in [0.1, 0.15) is 0 Å². The molecule has 1 aromatic rings. The summed E-state index contributed by atoms with van der Waals surface area (Å²) >= 11 is 1.95. The Labute approximate surface area is 132 Å². The van der Waals surface area contributed by atoms with Crippen LogP contribution in [0.15, 0.2) is 0 Å². The van der Waals surface area contributed by atoms with Crippen LogP contribution >= 0.6 is 11.3 Å². The van der Waals surface area contributed by atoms with Crippen LogP contribution < -0.4 is 10.2 Å². The zero-order chi connectivity index (χ0) is 14.2. The number of hydrogen-bond acceptors (Lipinski definition) is 4. The molecule has 1 N–H and O–H groups in total. The minimum atomic E-state index is 0.723. The summed E-state index contributed by atoms with van der Waals surface area (Å²) in [5, 5.41) is 4.95. The molecule has 4 heteroatoms. The number of nitrogens with zero attached hydrogens (tertiary/aromatic N) is 2. The summed E-state index contributed by atoms with van der Waals surface area (Å²) in [5.74, 6) is 0.769. The average Bonchev–Trinajstić information content (AvgIpc) is 3.44. The molecule has 0 saturated heterocycles. The third-order valence-corrected chi connectivity index (χ3v) is 6.39. The molecule has 0 bridgehead atoms. The number of thiazole rings is 1. The highest BCUT2D eigenvalue weighted by Crippen LogP contribution is 2.44. The molecule has 0 atom stereocenters. The Balaban J connectivity index is 1.49. The molecule has 3 fully saturated rings. The van der Waals surface area contributed by atoms with Crippen molar-refractivity contribution in [1.82, 2.24) is 10.3 Å². The van der Waals surface area contributed by atoms with Gasteiger partial charge >= 0.3 is 0 Å². The minimum absolute atomic E-state index is 0.723. The zero-order valence-corrected chi connectivity index (χ0v) is 13.9. The van der Waals surface area contributed by atoms with E-state index in [0.717, 1.165) is 24.5 Å². The highest BCUT2D eigenvalue weighted by Gasteiger charge is 2.32. The highest BCUT2D eigenvalue weighted by molar-refractivity contribution is 7.15. The van der Waals surface area contributed by atoms with E-state index in [-0.39, 0.29) is 0 Å². The number of anilines is 1. The molecular formula is C17H27N3S. The lowest BCUT2D eigenvalue weighted by atomic mass is 9.95. The van der Waals surface area contributed by atoms with E-state index < -0.39 is 0 Å². The molecule has 4 rings (SSSR count). The summed E-state index contributed by atoms with van der Waals surface area (Å²) in [5.41, 5.74) is 1.42. The predicted octanol–water partition coefficient (Wildman–Crippen LogP) is 4.04. The Hall–Kier alpha value is -0.610. The lowest BCUT2D eigenvalue weighted by molar-refractivity contribution is 0.427. The minimum Gasteiger partial charge on any atom is -0.348 e. The van der Waals surface area contributed by atoms with Crippen LogP contribution in [0.4, 0.5) is 5.13 Å². The molecule has 1 aromatic heterocycles. The van der Waals surface area contributed by atoms with Crippen LogP contribution in [-0.2, 0) is 6.54 Å². The van der Waals surface area contributed by atoms with Gasteiger partial charge in [-0.25, -0.2) is 4.98 Å². The Morgan fingerprint density at radius 1 is 1.10 bits per heavy atom. The first-order valence-corrected chi connectivity index (χ1v) is 9.58. The van der Waals surface area contributed by atoms with Crippen LogP contribution in [-0.4, -0.2) is 24.1 Å². The van der Waals surface area contributed by atoms with E-state index in [4.69, 9.17) is 4.98 Å². The summed E-state index contributed by atoms with van der Waals surface area (Å²) in [6, 6.07) is 1.51. The fourth-order valence-corrected chi connectivity index (χ4v) is 4.58. The van der Waals surface area contributed by atoms with E-state index in [2.05, 4.69) is 17.3 Å². The van der Waals surface area contributed by atoms with E-state index in [1.54, 1.807) is 0 Å². The van der Waals surface area contributed by atoms with E-state index in [1.807, 2.05) is 11.3 Å². The van der Waals surface area contributed by atoms with Gasteiger partial charge in [0, 0.05) is 36.5 Å². The molecule has 0 amide bonds. The van der Waals surface area contributed by atoms with Gasteiger partial charge in [-0.3, -0.25) is 0 Å². The largest absolute Gasteiger partial charge is 0.348 e. The van der Waals surface area contributed by atoms with Crippen LogP contribution in [0.1, 0.15) is 74.3 Å². The van der Waals surface area contributed by atoms with Gasteiger partial charge in [-0.1, -0.05) is 19.3 Å². The Kier molecular flexibility index (Phi) is 3.92. The molecule has 3 saturated carbocycles. The van der Waals surface area contributed by atoms with Crippen LogP contribution in [0, 0.1) is 0 Å². The van der Waals surface area contributed by atoms with Crippen molar-refractivity contribution in [3.8, 4) is 0 Å². The number of rotatable bonds is 6. The number of hydrogen-bond donors (Lipinski definition) is 1. The van der Waals surface area contributed by atoms with Crippen molar-refractivity contribution < 1.29 is 0 Å². The van der Waals surface area contributed by atoms with Gasteiger partial charge in [0.05, 0.1) is 5.69 Å². The van der Waals surface area contributed by atoms with Crippen LogP contribution in [0.25, 0.3) is 0 Å². The van der Waals surface area contributed by atoms with Crippen molar-refractivity contribution in [2.75, 3.05) is 11.9 Å². The van der Waals surface area contributed by atoms with Crippen molar-refractivity contribution in [2.45, 2.75) is 82.3 Å². The van der Waals surface area contributed by atoms with Crippen LogP contribution in [0.2, 0.25) is 0 Å². The lowest BCUT2D eigenvalue weighted by Gasteiger charge is -2.30. The Bertz CT molecular complexity index is 484. The predicted molar refractivity (Wildman–Crippen MR) is 89.2 cm³/mol. The fraction of sp³-hybridized carbons (Fsp3) is 0.824. The monoisotopic (exact) mass is 305 g/mol. The molecule has 0 aromatic carbocycles. The SMILES string of the molecule is CN(c1nc(C2CC2)c(CNC2CC2)s1)C1CCCCC1. The third kappa shape index (κ3) is 3.26. The summed E-state index contributed by atoms with van der Waals surface area (Å²) in [6.45, 7) is 1.05. The molecule has 0 radical (unpaired) electrons. The fourth-order valence-electron chi connectivity index (χ4n) is 3.45. The second-order valence-electron chi connectivity index (χ2n) is 7.14. The molecule has 0 unspecified atom stereocenters. The summed E-state index contributed by atoms with van der Waals surface area (Å²) < 4.78 is 0. The Morgan fingerprint density at radius 2 is 1.86 bits per heavy atom. The van der Waals surface area contributed by atoms with Crippen molar-refractivity contribution in [2.24, 2.45) is 0 Å².